The smallest absolute Gasteiger partial charge is 0.324 e. The number of piperidine rings is 1. The SMILES string of the molecule is CSc1nc(NC(=O)N2CCC(C)C(N(C)c3ncnc4[nH]ccc34)C2)n(C)n1. The molecule has 2 amide bonds. The molecule has 4 heterocycles. The number of fused-ring (bicyclic) bond motifs is 1. The summed E-state index contributed by atoms with van der Waals surface area (Å²) in [6.45, 7) is 3.53. The minimum Gasteiger partial charge on any atom is -0.354 e. The number of aromatic amines is 1. The average Bonchev–Trinajstić information content (AvgIpc) is 3.34. The quantitative estimate of drug-likeness (QED) is 0.629. The van der Waals surface area contributed by atoms with Crippen LogP contribution in [0.3, 0.4) is 0 Å². The van der Waals surface area contributed by atoms with Crippen molar-refractivity contribution in [3.8, 4) is 0 Å². The monoisotopic (exact) mass is 415 g/mol. The molecule has 0 radical (unpaired) electrons. The van der Waals surface area contributed by atoms with Crippen LogP contribution in [0.4, 0.5) is 16.6 Å². The Hall–Kier alpha value is -2.82. The van der Waals surface area contributed by atoms with Gasteiger partial charge in [-0.2, -0.15) is 4.98 Å². The molecule has 4 rings (SSSR count). The van der Waals surface area contributed by atoms with E-state index in [0.717, 1.165) is 23.3 Å². The van der Waals surface area contributed by atoms with E-state index in [2.05, 4.69) is 42.2 Å². The van der Waals surface area contributed by atoms with E-state index in [-0.39, 0.29) is 12.1 Å². The molecular formula is C18H25N9OS. The molecule has 1 fully saturated rings. The number of carbonyl (C=O) groups is 1. The van der Waals surface area contributed by atoms with Crippen molar-refractivity contribution in [2.45, 2.75) is 24.5 Å². The number of thioether (sulfide) groups is 1. The largest absolute Gasteiger partial charge is 0.354 e. The van der Waals surface area contributed by atoms with Gasteiger partial charge in [-0.05, 0) is 24.7 Å². The van der Waals surface area contributed by atoms with E-state index >= 15 is 0 Å². The lowest BCUT2D eigenvalue weighted by molar-refractivity contribution is 0.172. The predicted molar refractivity (Wildman–Crippen MR) is 113 cm³/mol. The van der Waals surface area contributed by atoms with Gasteiger partial charge in [-0.1, -0.05) is 18.7 Å². The topological polar surface area (TPSA) is 108 Å². The third-order valence-electron chi connectivity index (χ3n) is 5.52. The Morgan fingerprint density at radius 1 is 1.41 bits per heavy atom. The van der Waals surface area contributed by atoms with Crippen LogP contribution in [0.2, 0.25) is 0 Å². The summed E-state index contributed by atoms with van der Waals surface area (Å²) in [5.74, 6) is 1.74. The molecule has 0 bridgehead atoms. The molecule has 2 atom stereocenters. The summed E-state index contributed by atoms with van der Waals surface area (Å²) in [4.78, 5) is 33.1. The summed E-state index contributed by atoms with van der Waals surface area (Å²) in [5.41, 5.74) is 0.812. The first kappa shape index (κ1) is 19.5. The van der Waals surface area contributed by atoms with Crippen LogP contribution in [0.15, 0.2) is 23.7 Å². The molecule has 0 spiro atoms. The maximum atomic E-state index is 12.9. The van der Waals surface area contributed by atoms with Gasteiger partial charge in [0.25, 0.3) is 0 Å². The number of likely N-dealkylation sites (N-methyl/N-ethyl adjacent to an activating group) is 1. The number of rotatable bonds is 4. The van der Waals surface area contributed by atoms with Crippen LogP contribution in [0.5, 0.6) is 0 Å². The summed E-state index contributed by atoms with van der Waals surface area (Å²) < 4.78 is 1.59. The average molecular weight is 416 g/mol. The zero-order valence-electron chi connectivity index (χ0n) is 17.0. The van der Waals surface area contributed by atoms with Crippen molar-refractivity contribution in [1.29, 1.82) is 0 Å². The summed E-state index contributed by atoms with van der Waals surface area (Å²) in [7, 11) is 3.80. The first-order valence-corrected chi connectivity index (χ1v) is 10.7. The van der Waals surface area contributed by atoms with E-state index in [1.165, 1.54) is 11.8 Å². The fourth-order valence-corrected chi connectivity index (χ4v) is 4.15. The van der Waals surface area contributed by atoms with Crippen molar-refractivity contribution in [2.24, 2.45) is 13.0 Å². The second-order valence-electron chi connectivity index (χ2n) is 7.30. The number of amides is 2. The van der Waals surface area contributed by atoms with Gasteiger partial charge in [0.2, 0.25) is 11.1 Å². The van der Waals surface area contributed by atoms with Crippen LogP contribution in [0, 0.1) is 5.92 Å². The number of nitrogens with one attached hydrogen (secondary N) is 2. The van der Waals surface area contributed by atoms with E-state index in [9.17, 15) is 4.79 Å². The molecular weight excluding hydrogens is 390 g/mol. The van der Waals surface area contributed by atoms with Gasteiger partial charge in [0.1, 0.15) is 17.8 Å². The van der Waals surface area contributed by atoms with Gasteiger partial charge in [0.05, 0.1) is 11.4 Å². The lowest BCUT2D eigenvalue weighted by atomic mass is 9.92. The molecule has 1 aliphatic heterocycles. The van der Waals surface area contributed by atoms with Crippen molar-refractivity contribution in [3.63, 3.8) is 0 Å². The molecule has 154 valence electrons. The van der Waals surface area contributed by atoms with Crippen LogP contribution in [0.25, 0.3) is 11.0 Å². The van der Waals surface area contributed by atoms with E-state index in [4.69, 9.17) is 0 Å². The highest BCUT2D eigenvalue weighted by Gasteiger charge is 2.33. The normalized spacial score (nSPS) is 19.5. The second kappa shape index (κ2) is 7.90. The van der Waals surface area contributed by atoms with E-state index < -0.39 is 0 Å². The minimum absolute atomic E-state index is 0.142. The van der Waals surface area contributed by atoms with E-state index in [1.54, 1.807) is 18.1 Å². The number of aryl methyl sites for hydroxylation is 1. The zero-order chi connectivity index (χ0) is 20.5. The fourth-order valence-electron chi connectivity index (χ4n) is 3.77. The number of anilines is 2. The fraction of sp³-hybridized carbons (Fsp3) is 0.500. The molecule has 29 heavy (non-hydrogen) atoms. The van der Waals surface area contributed by atoms with Gasteiger partial charge in [0, 0.05) is 33.4 Å². The molecule has 11 heteroatoms. The third-order valence-corrected chi connectivity index (χ3v) is 6.05. The van der Waals surface area contributed by atoms with Gasteiger partial charge >= 0.3 is 6.03 Å². The summed E-state index contributed by atoms with van der Waals surface area (Å²) in [6.07, 6.45) is 6.26. The molecule has 10 nitrogen and oxygen atoms in total. The Balaban J connectivity index is 1.51. The van der Waals surface area contributed by atoms with Crippen molar-refractivity contribution in [2.75, 3.05) is 36.6 Å². The maximum absolute atomic E-state index is 12.9. The van der Waals surface area contributed by atoms with Crippen LogP contribution in [-0.2, 0) is 7.05 Å². The molecule has 3 aromatic rings. The lowest BCUT2D eigenvalue weighted by Crippen LogP contribution is -2.53. The van der Waals surface area contributed by atoms with Crippen LogP contribution in [0.1, 0.15) is 13.3 Å². The highest BCUT2D eigenvalue weighted by Crippen LogP contribution is 2.28. The number of likely N-dealkylation sites (tertiary alicyclic amines) is 1. The van der Waals surface area contributed by atoms with Gasteiger partial charge in [0.15, 0.2) is 0 Å². The van der Waals surface area contributed by atoms with Gasteiger partial charge in [-0.3, -0.25) is 5.32 Å². The molecule has 2 unspecified atom stereocenters. The van der Waals surface area contributed by atoms with E-state index in [1.807, 2.05) is 30.5 Å². The Morgan fingerprint density at radius 3 is 3.00 bits per heavy atom. The van der Waals surface area contributed by atoms with Gasteiger partial charge in [-0.15, -0.1) is 5.10 Å². The van der Waals surface area contributed by atoms with Gasteiger partial charge in [-0.25, -0.2) is 19.4 Å². The second-order valence-corrected chi connectivity index (χ2v) is 8.08. The Bertz CT molecular complexity index is 1020. The highest BCUT2D eigenvalue weighted by molar-refractivity contribution is 7.98. The molecule has 1 aliphatic rings. The number of carbonyl (C=O) groups excluding carboxylic acids is 1. The molecule has 0 aliphatic carbocycles. The molecule has 2 N–H and O–H groups in total. The number of hydrogen-bond donors (Lipinski definition) is 2. The van der Waals surface area contributed by atoms with Crippen LogP contribution < -0.4 is 10.2 Å². The third kappa shape index (κ3) is 3.74. The Labute approximate surface area is 173 Å². The lowest BCUT2D eigenvalue weighted by Gasteiger charge is -2.42. The Kier molecular flexibility index (Phi) is 5.31. The Morgan fingerprint density at radius 2 is 2.24 bits per heavy atom. The summed E-state index contributed by atoms with van der Waals surface area (Å²) >= 11 is 1.44. The van der Waals surface area contributed by atoms with Crippen molar-refractivity contribution in [3.05, 3.63) is 18.6 Å². The maximum Gasteiger partial charge on any atom is 0.324 e. The number of nitrogens with zero attached hydrogens (tertiary/aromatic N) is 7. The van der Waals surface area contributed by atoms with Gasteiger partial charge < -0.3 is 14.8 Å². The highest BCUT2D eigenvalue weighted by atomic mass is 32.2. The first-order valence-electron chi connectivity index (χ1n) is 9.49. The van der Waals surface area contributed by atoms with Crippen molar-refractivity contribution in [1.82, 2.24) is 34.6 Å². The number of H-pyrrole nitrogens is 1. The number of aromatic nitrogens is 6. The summed E-state index contributed by atoms with van der Waals surface area (Å²) in [5, 5.41) is 8.75. The predicted octanol–water partition coefficient (Wildman–Crippen LogP) is 2.19. The standard InChI is InChI=1S/C18H25N9OS/c1-11-6-8-27(18(28)23-16-22-17(29-4)24-26(16)3)9-13(11)25(2)15-12-5-7-19-14(12)20-10-21-15/h5,7,10-11,13H,6,8-9H2,1-4H3,(H,19,20,21)(H,22,23,24,28). The zero-order valence-corrected chi connectivity index (χ0v) is 17.8. The van der Waals surface area contributed by atoms with Crippen LogP contribution >= 0.6 is 11.8 Å². The molecule has 0 saturated carbocycles. The molecule has 0 aromatic carbocycles. The molecule has 3 aromatic heterocycles. The summed E-state index contributed by atoms with van der Waals surface area (Å²) in [6, 6.07) is 1.97. The number of urea groups is 1. The molecule has 1 saturated heterocycles. The number of hydrogen-bond acceptors (Lipinski definition) is 7. The van der Waals surface area contributed by atoms with Crippen LogP contribution in [-0.4, -0.2) is 73.1 Å². The first-order chi connectivity index (χ1) is 14.0. The minimum atomic E-state index is -0.159. The van der Waals surface area contributed by atoms with Crippen molar-refractivity contribution < 1.29 is 4.79 Å². The van der Waals surface area contributed by atoms with E-state index in [0.29, 0.717) is 30.1 Å². The van der Waals surface area contributed by atoms with Crippen molar-refractivity contribution >= 4 is 40.6 Å².